The average Bonchev–Trinajstić information content (AvgIpc) is 2.68. The van der Waals surface area contributed by atoms with E-state index in [1.807, 2.05) is 30.3 Å². The molecule has 2 heteroatoms. The van der Waals surface area contributed by atoms with Crippen molar-refractivity contribution in [1.82, 2.24) is 0 Å². The van der Waals surface area contributed by atoms with E-state index in [-0.39, 0.29) is 0 Å². The summed E-state index contributed by atoms with van der Waals surface area (Å²) < 4.78 is 0.293. The summed E-state index contributed by atoms with van der Waals surface area (Å²) >= 11 is 0.621. The van der Waals surface area contributed by atoms with Crippen LogP contribution in [0, 0.1) is 0 Å². The number of hydrogen-bond donors (Lipinski definition) is 0. The van der Waals surface area contributed by atoms with Gasteiger partial charge < -0.3 is 0 Å². The van der Waals surface area contributed by atoms with Crippen LogP contribution in [0.5, 0.6) is 0 Å². The van der Waals surface area contributed by atoms with Gasteiger partial charge in [0, 0.05) is 0 Å². The van der Waals surface area contributed by atoms with Gasteiger partial charge in [-0.3, -0.25) is 0 Å². The Kier molecular flexibility index (Phi) is 6.84. The topological polar surface area (TPSA) is 17.1 Å². The van der Waals surface area contributed by atoms with E-state index >= 15 is 0 Å². The van der Waals surface area contributed by atoms with Gasteiger partial charge in [-0.2, -0.15) is 0 Å². The van der Waals surface area contributed by atoms with Crippen molar-refractivity contribution in [2.45, 2.75) is 19.3 Å². The third-order valence-corrected chi connectivity index (χ3v) is 5.46. The third kappa shape index (κ3) is 5.43. The Hall–Kier alpha value is -2.13. The molecule has 0 aliphatic rings. The van der Waals surface area contributed by atoms with Gasteiger partial charge in [0.2, 0.25) is 0 Å². The molecule has 0 N–H and O–H groups in total. The zero-order valence-electron chi connectivity index (χ0n) is 14.8. The number of allylic oxidation sites excluding steroid dienone is 2. The molecular formula is C24H22OSn. The van der Waals surface area contributed by atoms with Crippen molar-refractivity contribution in [1.29, 1.82) is 0 Å². The first-order valence-corrected chi connectivity index (χ1v) is 10.5. The van der Waals surface area contributed by atoms with E-state index in [1.54, 1.807) is 0 Å². The minimum absolute atomic E-state index is 0.293. The molecule has 0 heterocycles. The van der Waals surface area contributed by atoms with Gasteiger partial charge in [-0.15, -0.1) is 0 Å². The van der Waals surface area contributed by atoms with Crippen LogP contribution in [0.25, 0.3) is 0 Å². The van der Waals surface area contributed by atoms with Crippen LogP contribution in [-0.4, -0.2) is 26.3 Å². The molecule has 0 spiro atoms. The van der Waals surface area contributed by atoms with Gasteiger partial charge in [0.15, 0.2) is 0 Å². The molecule has 2 radical (unpaired) electrons. The van der Waals surface area contributed by atoms with E-state index < -0.39 is 0 Å². The van der Waals surface area contributed by atoms with Gasteiger partial charge in [-0.25, -0.2) is 0 Å². The van der Waals surface area contributed by atoms with Crippen molar-refractivity contribution in [3.05, 3.63) is 119 Å². The fourth-order valence-corrected chi connectivity index (χ4v) is 4.02. The third-order valence-electron chi connectivity index (χ3n) is 4.47. The first kappa shape index (κ1) is 18.7. The van der Waals surface area contributed by atoms with Crippen LogP contribution in [0.4, 0.5) is 0 Å². The molecule has 3 rings (SSSR count). The fourth-order valence-electron chi connectivity index (χ4n) is 3.15. The van der Waals surface area contributed by atoms with Crippen LogP contribution in [0.2, 0.25) is 0 Å². The first-order chi connectivity index (χ1) is 12.7. The molecular weight excluding hydrogens is 423 g/mol. The SMILES string of the molecule is O=[C]([SnH])C(Cc1ccccc1)=C(Cc1ccccc1)Cc1ccccc1. The summed E-state index contributed by atoms with van der Waals surface area (Å²) in [5, 5.41) is 0. The molecule has 0 fully saturated rings. The van der Waals surface area contributed by atoms with Crippen molar-refractivity contribution >= 4 is 26.3 Å². The molecule has 3 aromatic rings. The number of carbonyl (C=O) groups excluding carboxylic acids is 1. The van der Waals surface area contributed by atoms with Gasteiger partial charge in [-0.05, 0) is 0 Å². The summed E-state index contributed by atoms with van der Waals surface area (Å²) in [4.78, 5) is 12.6. The second kappa shape index (κ2) is 9.53. The summed E-state index contributed by atoms with van der Waals surface area (Å²) in [6.45, 7) is 0. The van der Waals surface area contributed by atoms with Crippen LogP contribution in [0.1, 0.15) is 16.7 Å². The molecule has 0 aromatic heterocycles. The summed E-state index contributed by atoms with van der Waals surface area (Å²) in [6.07, 6.45) is 2.37. The normalized spacial score (nSPS) is 10.3. The van der Waals surface area contributed by atoms with Gasteiger partial charge in [-0.1, -0.05) is 0 Å². The molecule has 0 unspecified atom stereocenters. The molecule has 3 aromatic carbocycles. The summed E-state index contributed by atoms with van der Waals surface area (Å²) in [7, 11) is 0. The van der Waals surface area contributed by atoms with Crippen molar-refractivity contribution < 1.29 is 4.79 Å². The molecule has 1 nitrogen and oxygen atoms in total. The zero-order valence-corrected chi connectivity index (χ0v) is 18.1. The molecule has 0 amide bonds. The van der Waals surface area contributed by atoms with Crippen molar-refractivity contribution in [2.24, 2.45) is 0 Å². The second-order valence-electron chi connectivity index (χ2n) is 6.43. The van der Waals surface area contributed by atoms with Crippen molar-refractivity contribution in [3.8, 4) is 0 Å². The summed E-state index contributed by atoms with van der Waals surface area (Å²) in [5.74, 6) is 0. The zero-order chi connectivity index (χ0) is 18.2. The van der Waals surface area contributed by atoms with E-state index in [0.717, 1.165) is 24.8 Å². The monoisotopic (exact) mass is 446 g/mol. The fraction of sp³-hybridized carbons (Fsp3) is 0.125. The van der Waals surface area contributed by atoms with Crippen LogP contribution >= 0.6 is 0 Å². The second-order valence-corrected chi connectivity index (χ2v) is 7.93. The number of rotatable bonds is 7. The van der Waals surface area contributed by atoms with Gasteiger partial charge >= 0.3 is 169 Å². The van der Waals surface area contributed by atoms with E-state index in [9.17, 15) is 4.79 Å². The first-order valence-electron chi connectivity index (χ1n) is 8.85. The predicted octanol–water partition coefficient (Wildman–Crippen LogP) is 4.44. The maximum atomic E-state index is 12.6. The number of carbonyl (C=O) groups is 1. The van der Waals surface area contributed by atoms with E-state index in [1.165, 1.54) is 22.3 Å². The van der Waals surface area contributed by atoms with E-state index in [0.29, 0.717) is 26.3 Å². The minimum atomic E-state index is 0.293. The Bertz CT molecular complexity index is 824. The van der Waals surface area contributed by atoms with Crippen LogP contribution < -0.4 is 0 Å². The summed E-state index contributed by atoms with van der Waals surface area (Å²) in [6, 6.07) is 31.2. The molecule has 0 saturated carbocycles. The Balaban J connectivity index is 1.99. The van der Waals surface area contributed by atoms with Crippen LogP contribution in [0.15, 0.2) is 102 Å². The van der Waals surface area contributed by atoms with Gasteiger partial charge in [0.05, 0.1) is 0 Å². The van der Waals surface area contributed by atoms with E-state index in [4.69, 9.17) is 0 Å². The molecule has 0 aliphatic carbocycles. The average molecular weight is 445 g/mol. The predicted molar refractivity (Wildman–Crippen MR) is 110 cm³/mol. The molecule has 26 heavy (non-hydrogen) atoms. The number of benzene rings is 3. The van der Waals surface area contributed by atoms with Crippen LogP contribution in [0.3, 0.4) is 0 Å². The Morgan fingerprint density at radius 1 is 0.577 bits per heavy atom. The molecule has 128 valence electrons. The van der Waals surface area contributed by atoms with Crippen LogP contribution in [-0.2, 0) is 24.1 Å². The van der Waals surface area contributed by atoms with Crippen molar-refractivity contribution in [2.75, 3.05) is 0 Å². The molecule has 0 atom stereocenters. The molecule has 0 bridgehead atoms. The number of hydrogen-bond acceptors (Lipinski definition) is 1. The van der Waals surface area contributed by atoms with Gasteiger partial charge in [0.25, 0.3) is 0 Å². The Labute approximate surface area is 168 Å². The quantitative estimate of drug-likeness (QED) is 0.389. The van der Waals surface area contributed by atoms with Crippen molar-refractivity contribution in [3.63, 3.8) is 0 Å². The molecule has 0 saturated heterocycles. The Morgan fingerprint density at radius 2 is 0.923 bits per heavy atom. The van der Waals surface area contributed by atoms with E-state index in [2.05, 4.69) is 60.7 Å². The maximum absolute atomic E-state index is 12.6. The Morgan fingerprint density at radius 3 is 1.27 bits per heavy atom. The standard InChI is InChI=1S/C24H21O.Sn.H/c25-19-24(18-22-14-8-3-9-15-22)23(16-20-10-4-1-5-11-20)17-21-12-6-2-7-13-21;;/h1-15H,16-18H2;;. The molecule has 0 aliphatic heterocycles. The van der Waals surface area contributed by atoms with Gasteiger partial charge in [0.1, 0.15) is 0 Å². The summed E-state index contributed by atoms with van der Waals surface area (Å²) in [5.41, 5.74) is 5.94.